The normalized spacial score (nSPS) is 18.1. The van der Waals surface area contributed by atoms with Crippen LogP contribution in [0.15, 0.2) is 29.2 Å². The lowest BCUT2D eigenvalue weighted by molar-refractivity contribution is 0.0635. The van der Waals surface area contributed by atoms with Crippen molar-refractivity contribution in [3.63, 3.8) is 0 Å². The molecule has 8 heteroatoms. The Bertz CT molecular complexity index is 611. The molecule has 130 valence electrons. The lowest BCUT2D eigenvalue weighted by atomic mass is 9.79. The van der Waals surface area contributed by atoms with Crippen molar-refractivity contribution in [2.45, 2.75) is 23.5 Å². The van der Waals surface area contributed by atoms with Gasteiger partial charge in [-0.1, -0.05) is 12.1 Å². The number of sulfone groups is 1. The number of methoxy groups -OCH3 is 1. The van der Waals surface area contributed by atoms with E-state index in [1.165, 1.54) is 18.2 Å². The highest BCUT2D eigenvalue weighted by molar-refractivity contribution is 7.91. The summed E-state index contributed by atoms with van der Waals surface area (Å²) in [6, 6.07) is 5.78. The Labute approximate surface area is 135 Å². The van der Waals surface area contributed by atoms with Gasteiger partial charge < -0.3 is 15.4 Å². The number of benzene rings is 1. The Kier molecular flexibility index (Phi) is 5.94. The summed E-state index contributed by atoms with van der Waals surface area (Å²) < 4.78 is 54.5. The first kappa shape index (κ1) is 18.1. The van der Waals surface area contributed by atoms with Crippen LogP contribution in [0.25, 0.3) is 0 Å². The molecule has 0 spiro atoms. The monoisotopic (exact) mass is 348 g/mol. The highest BCUT2D eigenvalue weighted by atomic mass is 32.2. The number of para-hydroxylation sites is 1. The van der Waals surface area contributed by atoms with E-state index >= 15 is 0 Å². The molecule has 0 unspecified atom stereocenters. The molecule has 0 atom stereocenters. The molecular formula is C15H22F2N2O3S. The predicted octanol–water partition coefficient (Wildman–Crippen LogP) is 2.11. The number of alkyl halides is 2. The molecule has 1 aliphatic heterocycles. The van der Waals surface area contributed by atoms with Crippen molar-refractivity contribution >= 4 is 15.5 Å². The van der Waals surface area contributed by atoms with Crippen LogP contribution in [0.4, 0.5) is 14.5 Å². The van der Waals surface area contributed by atoms with Crippen molar-refractivity contribution in [1.82, 2.24) is 5.32 Å². The molecule has 23 heavy (non-hydrogen) atoms. The van der Waals surface area contributed by atoms with Crippen molar-refractivity contribution in [3.05, 3.63) is 24.3 Å². The zero-order valence-electron chi connectivity index (χ0n) is 13.0. The van der Waals surface area contributed by atoms with Gasteiger partial charge in [0.2, 0.25) is 9.84 Å². The van der Waals surface area contributed by atoms with Crippen molar-refractivity contribution in [2.24, 2.45) is 5.41 Å². The van der Waals surface area contributed by atoms with E-state index in [2.05, 4.69) is 10.6 Å². The fraction of sp³-hybridized carbons (Fsp3) is 0.600. The van der Waals surface area contributed by atoms with Crippen molar-refractivity contribution in [1.29, 1.82) is 0 Å². The van der Waals surface area contributed by atoms with E-state index in [-0.39, 0.29) is 16.0 Å². The molecule has 0 bridgehead atoms. The molecule has 1 heterocycles. The van der Waals surface area contributed by atoms with Gasteiger partial charge in [-0.2, -0.15) is 8.78 Å². The Balaban J connectivity index is 2.20. The van der Waals surface area contributed by atoms with Crippen LogP contribution in [-0.2, 0) is 14.6 Å². The second-order valence-electron chi connectivity index (χ2n) is 5.84. The van der Waals surface area contributed by atoms with Gasteiger partial charge in [0.1, 0.15) is 0 Å². The zero-order valence-corrected chi connectivity index (χ0v) is 13.8. The maximum atomic E-state index is 12.8. The van der Waals surface area contributed by atoms with Gasteiger partial charge in [0.15, 0.2) is 0 Å². The quantitative estimate of drug-likeness (QED) is 0.790. The second-order valence-corrected chi connectivity index (χ2v) is 7.72. The van der Waals surface area contributed by atoms with Gasteiger partial charge in [-0.05, 0) is 38.1 Å². The number of ether oxygens (including phenoxy) is 1. The maximum Gasteiger partial charge on any atom is 0.341 e. The molecular weight excluding hydrogens is 326 g/mol. The molecule has 2 N–H and O–H groups in total. The van der Waals surface area contributed by atoms with E-state index in [1.54, 1.807) is 13.2 Å². The Morgan fingerprint density at radius 1 is 1.30 bits per heavy atom. The lowest BCUT2D eigenvalue weighted by Crippen LogP contribution is -2.44. The Hall–Kier alpha value is -1.25. The largest absolute Gasteiger partial charge is 0.384 e. The first-order valence-corrected chi connectivity index (χ1v) is 9.01. The predicted molar refractivity (Wildman–Crippen MR) is 84.5 cm³/mol. The fourth-order valence-corrected chi connectivity index (χ4v) is 3.78. The third kappa shape index (κ3) is 4.19. The van der Waals surface area contributed by atoms with Gasteiger partial charge in [0.05, 0.1) is 17.2 Å². The van der Waals surface area contributed by atoms with Crippen LogP contribution < -0.4 is 10.6 Å². The van der Waals surface area contributed by atoms with Crippen molar-refractivity contribution in [2.75, 3.05) is 38.7 Å². The van der Waals surface area contributed by atoms with Crippen LogP contribution in [0.3, 0.4) is 0 Å². The van der Waals surface area contributed by atoms with Gasteiger partial charge in [0.25, 0.3) is 0 Å². The molecule has 0 saturated carbocycles. The van der Waals surface area contributed by atoms with Crippen LogP contribution in [0, 0.1) is 5.41 Å². The van der Waals surface area contributed by atoms with Gasteiger partial charge in [-0.3, -0.25) is 0 Å². The molecule has 1 aliphatic rings. The smallest absolute Gasteiger partial charge is 0.341 e. The first-order valence-electron chi connectivity index (χ1n) is 7.46. The third-order valence-corrected chi connectivity index (χ3v) is 5.63. The van der Waals surface area contributed by atoms with Gasteiger partial charge >= 0.3 is 5.76 Å². The highest BCUT2D eigenvalue weighted by Crippen LogP contribution is 2.32. The number of halogens is 2. The molecule has 1 fully saturated rings. The Morgan fingerprint density at radius 2 is 1.96 bits per heavy atom. The van der Waals surface area contributed by atoms with Crippen LogP contribution in [0.2, 0.25) is 0 Å². The molecule has 2 rings (SSSR count). The van der Waals surface area contributed by atoms with Crippen LogP contribution in [0.5, 0.6) is 0 Å². The SMILES string of the molecule is COCC1(CNc2ccccc2S(=O)(=O)C(F)F)CCNCC1. The maximum absolute atomic E-state index is 12.8. The zero-order chi connectivity index (χ0) is 16.9. The summed E-state index contributed by atoms with van der Waals surface area (Å²) in [6.07, 6.45) is 1.75. The van der Waals surface area contributed by atoms with Crippen molar-refractivity contribution in [3.8, 4) is 0 Å². The molecule has 0 amide bonds. The summed E-state index contributed by atoms with van der Waals surface area (Å²) in [5, 5.41) is 6.32. The molecule has 1 aromatic carbocycles. The minimum Gasteiger partial charge on any atom is -0.384 e. The number of rotatable bonds is 7. The minimum atomic E-state index is -4.63. The van der Waals surface area contributed by atoms with E-state index in [0.29, 0.717) is 13.2 Å². The van der Waals surface area contributed by atoms with E-state index in [1.807, 2.05) is 0 Å². The fourth-order valence-electron chi connectivity index (χ4n) is 2.87. The molecule has 0 radical (unpaired) electrons. The summed E-state index contributed by atoms with van der Waals surface area (Å²) >= 11 is 0. The lowest BCUT2D eigenvalue weighted by Gasteiger charge is -2.37. The number of anilines is 1. The molecule has 1 aromatic rings. The summed E-state index contributed by atoms with van der Waals surface area (Å²) in [5.41, 5.74) is 0.0728. The van der Waals surface area contributed by atoms with Crippen molar-refractivity contribution < 1.29 is 21.9 Å². The topological polar surface area (TPSA) is 67.4 Å². The van der Waals surface area contributed by atoms with Crippen LogP contribution in [-0.4, -0.2) is 47.5 Å². The highest BCUT2D eigenvalue weighted by Gasteiger charge is 2.33. The average molecular weight is 348 g/mol. The number of hydrogen-bond donors (Lipinski definition) is 2. The minimum absolute atomic E-state index is 0.137. The van der Waals surface area contributed by atoms with E-state index in [0.717, 1.165) is 25.9 Å². The second kappa shape index (κ2) is 7.55. The average Bonchev–Trinajstić information content (AvgIpc) is 2.54. The number of hydrogen-bond acceptors (Lipinski definition) is 5. The standard InChI is InChI=1S/C15H22F2N2O3S/c1-22-11-15(6-8-18-9-7-15)10-19-12-4-2-3-5-13(12)23(20,21)14(16)17/h2-5,14,18-19H,6-11H2,1H3. The van der Waals surface area contributed by atoms with Gasteiger partial charge in [-0.15, -0.1) is 0 Å². The summed E-state index contributed by atoms with van der Waals surface area (Å²) in [7, 11) is -3.01. The number of nitrogens with one attached hydrogen (secondary N) is 2. The molecule has 0 aliphatic carbocycles. The van der Waals surface area contributed by atoms with Gasteiger partial charge in [0, 0.05) is 19.1 Å². The summed E-state index contributed by atoms with van der Waals surface area (Å²) in [6.45, 7) is 2.70. The molecule has 0 aromatic heterocycles. The van der Waals surface area contributed by atoms with Crippen LogP contribution >= 0.6 is 0 Å². The number of piperidine rings is 1. The third-order valence-electron chi connectivity index (χ3n) is 4.20. The van der Waals surface area contributed by atoms with Crippen LogP contribution in [0.1, 0.15) is 12.8 Å². The molecule has 5 nitrogen and oxygen atoms in total. The van der Waals surface area contributed by atoms with Gasteiger partial charge in [-0.25, -0.2) is 8.42 Å². The summed E-state index contributed by atoms with van der Waals surface area (Å²) in [4.78, 5) is -0.364. The first-order chi connectivity index (χ1) is 10.9. The Morgan fingerprint density at radius 3 is 2.57 bits per heavy atom. The molecule has 1 saturated heterocycles. The summed E-state index contributed by atoms with van der Waals surface area (Å²) in [5.74, 6) is -3.43. The van der Waals surface area contributed by atoms with E-state index in [9.17, 15) is 17.2 Å². The van der Waals surface area contributed by atoms with E-state index in [4.69, 9.17) is 4.74 Å². The van der Waals surface area contributed by atoms with E-state index < -0.39 is 15.6 Å².